The molecule has 4 atom stereocenters. The maximum absolute atomic E-state index is 12.7. The van der Waals surface area contributed by atoms with Crippen molar-refractivity contribution in [2.24, 2.45) is 14.1 Å². The van der Waals surface area contributed by atoms with Gasteiger partial charge in [-0.05, 0) is 13.8 Å². The highest BCUT2D eigenvalue weighted by Crippen LogP contribution is 2.12. The second-order valence-corrected chi connectivity index (χ2v) is 7.45. The molecule has 0 saturated carbocycles. The van der Waals surface area contributed by atoms with Gasteiger partial charge in [0.2, 0.25) is 0 Å². The van der Waals surface area contributed by atoms with E-state index in [1.165, 1.54) is 16.5 Å². The van der Waals surface area contributed by atoms with Crippen LogP contribution in [-0.2, 0) is 31.9 Å². The molecule has 1 unspecified atom stereocenters. The summed E-state index contributed by atoms with van der Waals surface area (Å²) in [5.41, 5.74) is -0.365. The van der Waals surface area contributed by atoms with Gasteiger partial charge in [-0.2, -0.15) is 0 Å². The second-order valence-electron chi connectivity index (χ2n) is 7.45. The quantitative estimate of drug-likeness (QED) is 0.507. The fourth-order valence-electron chi connectivity index (χ4n) is 3.85. The molecule has 0 amide bonds. The first-order chi connectivity index (χ1) is 12.7. The molecule has 0 spiro atoms. The van der Waals surface area contributed by atoms with E-state index < -0.39 is 24.0 Å². The van der Waals surface area contributed by atoms with Gasteiger partial charge in [-0.25, -0.2) is 9.78 Å². The van der Waals surface area contributed by atoms with Crippen LogP contribution < -0.4 is 16.1 Å². The van der Waals surface area contributed by atoms with Gasteiger partial charge >= 0.3 is 5.69 Å². The summed E-state index contributed by atoms with van der Waals surface area (Å²) in [6, 6.07) is 0. The first kappa shape index (κ1) is 19.7. The van der Waals surface area contributed by atoms with E-state index in [0.717, 1.165) is 17.7 Å². The van der Waals surface area contributed by atoms with Gasteiger partial charge in [-0.1, -0.05) is 0 Å². The average Bonchev–Trinajstić information content (AvgIpc) is 2.95. The number of aryl methyl sites for hydroxylation is 1. The molecule has 0 aliphatic carbocycles. The summed E-state index contributed by atoms with van der Waals surface area (Å²) in [6.07, 6.45) is -0.802. The number of nitrogens with one attached hydrogen (secondary N) is 1. The van der Waals surface area contributed by atoms with Crippen molar-refractivity contribution in [3.63, 3.8) is 0 Å². The number of hydrogen-bond donors (Lipinski definition) is 3. The summed E-state index contributed by atoms with van der Waals surface area (Å²) in [5.74, 6) is 0.604. The van der Waals surface area contributed by atoms with Gasteiger partial charge in [0.15, 0.2) is 17.0 Å². The lowest BCUT2D eigenvalue weighted by molar-refractivity contribution is -0.929. The molecule has 1 aliphatic rings. The Balaban J connectivity index is 2.12. The predicted octanol–water partition coefficient (Wildman–Crippen LogP) is -3.02. The highest BCUT2D eigenvalue weighted by molar-refractivity contribution is 5.71. The Kier molecular flexibility index (Phi) is 5.52. The van der Waals surface area contributed by atoms with Crippen LogP contribution in [0.15, 0.2) is 9.59 Å². The number of nitrogens with zero attached hydrogens (tertiary/aromatic N) is 4. The molecule has 3 rings (SSSR count). The van der Waals surface area contributed by atoms with Crippen molar-refractivity contribution in [1.82, 2.24) is 18.7 Å². The second kappa shape index (κ2) is 7.55. The van der Waals surface area contributed by atoms with Gasteiger partial charge in [0.1, 0.15) is 31.8 Å². The fourth-order valence-corrected chi connectivity index (χ4v) is 3.85. The van der Waals surface area contributed by atoms with Crippen LogP contribution >= 0.6 is 0 Å². The number of quaternary nitrogens is 1. The molecule has 0 aromatic carbocycles. The van der Waals surface area contributed by atoms with Crippen molar-refractivity contribution in [1.29, 1.82) is 0 Å². The lowest BCUT2D eigenvalue weighted by atomic mass is 10.2. The summed E-state index contributed by atoms with van der Waals surface area (Å²) in [7, 11) is 2.99. The largest absolute Gasteiger partial charge is 0.394 e. The van der Waals surface area contributed by atoms with Crippen molar-refractivity contribution in [2.75, 3.05) is 19.7 Å². The molecule has 1 aliphatic heterocycles. The maximum Gasteiger partial charge on any atom is 0.332 e. The van der Waals surface area contributed by atoms with Gasteiger partial charge in [0.25, 0.3) is 5.56 Å². The fraction of sp³-hybridized carbons (Fsp3) is 0.706. The van der Waals surface area contributed by atoms with Crippen molar-refractivity contribution in [3.8, 4) is 0 Å². The molecular weight excluding hydrogens is 354 g/mol. The van der Waals surface area contributed by atoms with Crippen LogP contribution in [0.5, 0.6) is 0 Å². The van der Waals surface area contributed by atoms with Gasteiger partial charge < -0.3 is 24.4 Å². The van der Waals surface area contributed by atoms with Crippen LogP contribution in [0.1, 0.15) is 19.7 Å². The van der Waals surface area contributed by atoms with Crippen LogP contribution in [0.4, 0.5) is 0 Å². The Morgan fingerprint density at radius 3 is 2.44 bits per heavy atom. The first-order valence-electron chi connectivity index (χ1n) is 9.16. The standard InChI is InChI=1S/C17H27N5O5/c1-10-5-21(6-11(2)27-10)8-13-18-15-14(22(13)7-12(24)9-23)16(25)20(4)17(26)19(15)3/h10-12,23-24H,5-9H2,1-4H3/p+1/t10-,11+,12-/m0/s1. The number of ether oxygens (including phenoxy) is 1. The summed E-state index contributed by atoms with van der Waals surface area (Å²) < 4.78 is 9.77. The lowest BCUT2D eigenvalue weighted by Crippen LogP contribution is -3.14. The van der Waals surface area contributed by atoms with Crippen LogP contribution in [0.25, 0.3) is 11.2 Å². The lowest BCUT2D eigenvalue weighted by Gasteiger charge is -2.32. The van der Waals surface area contributed by atoms with E-state index in [4.69, 9.17) is 4.74 Å². The molecule has 150 valence electrons. The van der Waals surface area contributed by atoms with E-state index in [9.17, 15) is 19.8 Å². The molecule has 1 saturated heterocycles. The van der Waals surface area contributed by atoms with Gasteiger partial charge in [-0.15, -0.1) is 0 Å². The zero-order valence-electron chi connectivity index (χ0n) is 16.2. The van der Waals surface area contributed by atoms with Crippen LogP contribution in [0.2, 0.25) is 0 Å². The zero-order chi connectivity index (χ0) is 19.9. The Hall–Kier alpha value is -2.01. The minimum Gasteiger partial charge on any atom is -0.394 e. The number of aliphatic hydroxyl groups excluding tert-OH is 2. The predicted molar refractivity (Wildman–Crippen MR) is 97.7 cm³/mol. The van der Waals surface area contributed by atoms with Gasteiger partial charge in [-0.3, -0.25) is 13.9 Å². The third kappa shape index (κ3) is 3.70. The third-order valence-corrected chi connectivity index (χ3v) is 5.06. The highest BCUT2D eigenvalue weighted by Gasteiger charge is 2.29. The third-order valence-electron chi connectivity index (χ3n) is 5.06. The Labute approximate surface area is 156 Å². The number of hydrogen-bond acceptors (Lipinski definition) is 6. The Morgan fingerprint density at radius 2 is 1.85 bits per heavy atom. The van der Waals surface area contributed by atoms with E-state index in [1.807, 2.05) is 13.8 Å². The molecule has 3 heterocycles. The number of morpholine rings is 1. The first-order valence-corrected chi connectivity index (χ1v) is 9.16. The van der Waals surface area contributed by atoms with E-state index in [-0.39, 0.29) is 29.9 Å². The van der Waals surface area contributed by atoms with E-state index in [0.29, 0.717) is 12.4 Å². The SMILES string of the molecule is C[C@@H]1C[NH+](Cc2nc3c(c(=O)n(C)c(=O)n3C)n2C[C@H](O)CO)C[C@H](C)O1. The summed E-state index contributed by atoms with van der Waals surface area (Å²) in [4.78, 5) is 30.8. The number of aliphatic hydroxyl groups is 2. The van der Waals surface area contributed by atoms with E-state index in [2.05, 4.69) is 4.98 Å². The maximum atomic E-state index is 12.7. The van der Waals surface area contributed by atoms with E-state index in [1.54, 1.807) is 11.6 Å². The molecular formula is C17H28N5O5+. The normalized spacial score (nSPS) is 24.4. The summed E-state index contributed by atoms with van der Waals surface area (Å²) in [5, 5.41) is 19.3. The average molecular weight is 382 g/mol. The summed E-state index contributed by atoms with van der Waals surface area (Å²) >= 11 is 0. The molecule has 0 bridgehead atoms. The van der Waals surface area contributed by atoms with Crippen molar-refractivity contribution in [3.05, 3.63) is 26.7 Å². The minimum atomic E-state index is -1.03. The summed E-state index contributed by atoms with van der Waals surface area (Å²) in [6.45, 7) is 5.78. The molecule has 2 aromatic rings. The topological polar surface area (TPSA) is 116 Å². The van der Waals surface area contributed by atoms with Crippen molar-refractivity contribution >= 4 is 11.2 Å². The molecule has 3 N–H and O–H groups in total. The molecule has 1 fully saturated rings. The minimum absolute atomic E-state index is 0.0324. The Bertz CT molecular complexity index is 936. The smallest absolute Gasteiger partial charge is 0.332 e. The highest BCUT2D eigenvalue weighted by atomic mass is 16.5. The molecule has 27 heavy (non-hydrogen) atoms. The van der Waals surface area contributed by atoms with Crippen LogP contribution in [-0.4, -0.2) is 66.9 Å². The Morgan fingerprint density at radius 1 is 1.22 bits per heavy atom. The number of aromatic nitrogens is 4. The molecule has 10 nitrogen and oxygen atoms in total. The zero-order valence-corrected chi connectivity index (χ0v) is 16.2. The van der Waals surface area contributed by atoms with Gasteiger partial charge in [0, 0.05) is 14.1 Å². The van der Waals surface area contributed by atoms with Gasteiger partial charge in [0.05, 0.1) is 19.3 Å². The van der Waals surface area contributed by atoms with Crippen LogP contribution in [0.3, 0.4) is 0 Å². The molecule has 10 heteroatoms. The number of fused-ring (bicyclic) bond motifs is 1. The van der Waals surface area contributed by atoms with Crippen LogP contribution in [0, 0.1) is 0 Å². The monoisotopic (exact) mass is 382 g/mol. The van der Waals surface area contributed by atoms with Crippen molar-refractivity contribution < 1.29 is 19.8 Å². The molecule has 0 radical (unpaired) electrons. The van der Waals surface area contributed by atoms with E-state index >= 15 is 0 Å². The molecule has 2 aromatic heterocycles. The van der Waals surface area contributed by atoms with Crippen molar-refractivity contribution in [2.45, 2.75) is 45.2 Å². The number of rotatable bonds is 5. The number of imidazole rings is 1.